The predicted octanol–water partition coefficient (Wildman–Crippen LogP) is 24.4. The summed E-state index contributed by atoms with van der Waals surface area (Å²) in [7, 11) is 0. The average molecular weight is 1140 g/mol. The van der Waals surface area contributed by atoms with Gasteiger partial charge in [0.05, 0.1) is 0 Å². The van der Waals surface area contributed by atoms with Crippen LogP contribution in [0, 0.1) is 0 Å². The minimum absolute atomic E-state index is 0.0846. The summed E-state index contributed by atoms with van der Waals surface area (Å²) in [6.07, 6.45) is 94.3. The van der Waals surface area contributed by atoms with Crippen LogP contribution in [0.25, 0.3) is 0 Å². The first-order valence-electron chi connectivity index (χ1n) is 35.2. The third kappa shape index (κ3) is 67.1. The summed E-state index contributed by atoms with van der Waals surface area (Å²) in [5, 5.41) is 0. The van der Waals surface area contributed by atoms with Gasteiger partial charge in [0.15, 0.2) is 6.10 Å². The van der Waals surface area contributed by atoms with E-state index < -0.39 is 6.10 Å². The number of unbranched alkanes of at least 4 members (excludes halogenated alkanes) is 37. The Morgan fingerprint density at radius 3 is 0.744 bits per heavy atom. The summed E-state index contributed by atoms with van der Waals surface area (Å²) in [5.41, 5.74) is 0. The fraction of sp³-hybridized carbons (Fsp3) is 0.750. The largest absolute Gasteiger partial charge is 0.462 e. The number of rotatable bonds is 64. The van der Waals surface area contributed by atoms with E-state index in [1.165, 1.54) is 193 Å². The lowest BCUT2D eigenvalue weighted by atomic mass is 10.0. The molecule has 0 aliphatic rings. The maximum atomic E-state index is 12.9. The van der Waals surface area contributed by atoms with Gasteiger partial charge in [-0.05, 0) is 103 Å². The summed E-state index contributed by atoms with van der Waals surface area (Å²) in [6.45, 7) is 6.54. The van der Waals surface area contributed by atoms with E-state index in [0.29, 0.717) is 19.3 Å². The van der Waals surface area contributed by atoms with E-state index in [4.69, 9.17) is 14.2 Å². The molecule has 0 bridgehead atoms. The highest BCUT2D eigenvalue weighted by molar-refractivity contribution is 5.71. The third-order valence-corrected chi connectivity index (χ3v) is 15.3. The number of esters is 3. The van der Waals surface area contributed by atoms with Crippen LogP contribution in [0.2, 0.25) is 0 Å². The first-order chi connectivity index (χ1) is 40.5. The van der Waals surface area contributed by atoms with Gasteiger partial charge in [-0.2, -0.15) is 0 Å². The quantitative estimate of drug-likeness (QED) is 0.0261. The Morgan fingerprint density at radius 1 is 0.256 bits per heavy atom. The minimum Gasteiger partial charge on any atom is -0.462 e. The lowest BCUT2D eigenvalue weighted by Gasteiger charge is -2.18. The van der Waals surface area contributed by atoms with E-state index in [9.17, 15) is 14.4 Å². The Bertz CT molecular complexity index is 1590. The molecule has 472 valence electrons. The van der Waals surface area contributed by atoms with E-state index in [0.717, 1.165) is 116 Å². The van der Waals surface area contributed by atoms with Crippen LogP contribution >= 0.6 is 0 Å². The Kier molecular flexibility index (Phi) is 66.7. The number of carbonyl (C=O) groups excluding carboxylic acids is 3. The zero-order valence-electron chi connectivity index (χ0n) is 54.2. The summed E-state index contributed by atoms with van der Waals surface area (Å²) in [5.74, 6) is -0.893. The normalized spacial score (nSPS) is 12.7. The van der Waals surface area contributed by atoms with E-state index in [-0.39, 0.29) is 31.1 Å². The monoisotopic (exact) mass is 1140 g/mol. The molecule has 0 fully saturated rings. The lowest BCUT2D eigenvalue weighted by molar-refractivity contribution is -0.167. The van der Waals surface area contributed by atoms with Crippen LogP contribution in [0.15, 0.2) is 97.2 Å². The molecule has 0 aliphatic heterocycles. The Morgan fingerprint density at radius 2 is 0.476 bits per heavy atom. The van der Waals surface area contributed by atoms with E-state index in [2.05, 4.69) is 118 Å². The maximum absolute atomic E-state index is 12.9. The molecule has 82 heavy (non-hydrogen) atoms. The number of allylic oxidation sites excluding steroid dienone is 16. The van der Waals surface area contributed by atoms with E-state index in [1.807, 2.05) is 0 Å². The minimum atomic E-state index is -0.792. The van der Waals surface area contributed by atoms with Crippen molar-refractivity contribution in [2.75, 3.05) is 13.2 Å². The van der Waals surface area contributed by atoms with Crippen LogP contribution in [-0.4, -0.2) is 37.2 Å². The molecule has 0 rings (SSSR count). The van der Waals surface area contributed by atoms with Crippen LogP contribution in [0.4, 0.5) is 0 Å². The summed E-state index contributed by atoms with van der Waals surface area (Å²) < 4.78 is 17.0. The topological polar surface area (TPSA) is 78.9 Å². The third-order valence-electron chi connectivity index (χ3n) is 15.3. The van der Waals surface area contributed by atoms with Crippen molar-refractivity contribution < 1.29 is 28.6 Å². The van der Waals surface area contributed by atoms with Gasteiger partial charge in [-0.15, -0.1) is 0 Å². The van der Waals surface area contributed by atoms with Crippen molar-refractivity contribution in [1.82, 2.24) is 0 Å². The number of ether oxygens (including phenoxy) is 3. The number of hydrogen-bond acceptors (Lipinski definition) is 6. The zero-order chi connectivity index (χ0) is 59.2. The Balaban J connectivity index is 4.33. The molecule has 0 amide bonds. The molecule has 0 aliphatic carbocycles. The Hall–Kier alpha value is -3.67. The fourth-order valence-corrected chi connectivity index (χ4v) is 10.1. The SMILES string of the molecule is CC/C=C\C/C=C\C/C=C\C/C=C\C/C=C\C/C=C\CCCCCCC(=O)OC(COC(=O)CCCCCCCCCCCCCCCC)COC(=O)CCCCCCCCCCCCCCCCC/C=C\C/C=C\CCCCCCC. The van der Waals surface area contributed by atoms with E-state index in [1.54, 1.807) is 0 Å². The van der Waals surface area contributed by atoms with Gasteiger partial charge in [-0.25, -0.2) is 0 Å². The van der Waals surface area contributed by atoms with Crippen molar-refractivity contribution >= 4 is 17.9 Å². The van der Waals surface area contributed by atoms with Gasteiger partial charge in [-0.3, -0.25) is 14.4 Å². The van der Waals surface area contributed by atoms with Gasteiger partial charge >= 0.3 is 17.9 Å². The highest BCUT2D eigenvalue weighted by Gasteiger charge is 2.19. The number of carbonyl (C=O) groups is 3. The smallest absolute Gasteiger partial charge is 0.306 e. The van der Waals surface area contributed by atoms with Crippen molar-refractivity contribution in [3.05, 3.63) is 97.2 Å². The van der Waals surface area contributed by atoms with Crippen LogP contribution in [0.3, 0.4) is 0 Å². The molecule has 0 radical (unpaired) electrons. The molecular formula is C76H132O6. The summed E-state index contributed by atoms with van der Waals surface area (Å²) in [4.78, 5) is 38.4. The molecule has 0 saturated heterocycles. The van der Waals surface area contributed by atoms with Crippen LogP contribution < -0.4 is 0 Å². The predicted molar refractivity (Wildman–Crippen MR) is 357 cm³/mol. The van der Waals surface area contributed by atoms with Crippen LogP contribution in [0.1, 0.15) is 348 Å². The van der Waals surface area contributed by atoms with Gasteiger partial charge in [0, 0.05) is 19.3 Å². The molecule has 0 aromatic carbocycles. The lowest BCUT2D eigenvalue weighted by Crippen LogP contribution is -2.30. The van der Waals surface area contributed by atoms with Crippen LogP contribution in [0.5, 0.6) is 0 Å². The van der Waals surface area contributed by atoms with Crippen LogP contribution in [-0.2, 0) is 28.6 Å². The van der Waals surface area contributed by atoms with Gasteiger partial charge in [0.1, 0.15) is 13.2 Å². The van der Waals surface area contributed by atoms with Gasteiger partial charge < -0.3 is 14.2 Å². The zero-order valence-corrected chi connectivity index (χ0v) is 54.2. The second kappa shape index (κ2) is 69.8. The van der Waals surface area contributed by atoms with Gasteiger partial charge in [0.2, 0.25) is 0 Å². The molecule has 0 aromatic rings. The first kappa shape index (κ1) is 78.3. The van der Waals surface area contributed by atoms with Crippen molar-refractivity contribution in [3.8, 4) is 0 Å². The van der Waals surface area contributed by atoms with Crippen molar-refractivity contribution in [1.29, 1.82) is 0 Å². The second-order valence-electron chi connectivity index (χ2n) is 23.4. The molecule has 0 N–H and O–H groups in total. The molecular weight excluding hydrogens is 1010 g/mol. The first-order valence-corrected chi connectivity index (χ1v) is 35.2. The fourth-order valence-electron chi connectivity index (χ4n) is 10.1. The van der Waals surface area contributed by atoms with Crippen molar-refractivity contribution in [2.45, 2.75) is 354 Å². The number of hydrogen-bond donors (Lipinski definition) is 0. The molecule has 1 unspecified atom stereocenters. The molecule has 0 heterocycles. The molecule has 6 nitrogen and oxygen atoms in total. The Labute approximate surface area is 508 Å². The molecule has 0 aromatic heterocycles. The standard InChI is InChI=1S/C76H132O6/c1-4-7-10-13-16-19-22-25-28-30-32-34-36-37-38-39-41-42-44-46-48-51-54-57-60-63-66-69-75(78)81-72-73(71-80-74(77)68-65-62-59-56-53-50-27-24-21-18-15-12-9-6-3)82-76(79)70-67-64-61-58-55-52-49-47-45-43-40-35-33-31-29-26-23-20-17-14-11-8-5-2/h8,11,17,20,22,25-26,29-30,32-33,35,43,45,49,52,73H,4-7,9-10,12-16,18-19,21,23-24,27-28,31,34,36-42,44,46-48,50-51,53-72H2,1-3H3/b11-8-,20-17-,25-22-,29-26-,32-30-,35-33-,45-43-,52-49-. The molecule has 1 atom stereocenters. The molecule has 6 heteroatoms. The van der Waals surface area contributed by atoms with Crippen molar-refractivity contribution in [3.63, 3.8) is 0 Å². The highest BCUT2D eigenvalue weighted by Crippen LogP contribution is 2.17. The van der Waals surface area contributed by atoms with E-state index >= 15 is 0 Å². The molecule has 0 spiro atoms. The summed E-state index contributed by atoms with van der Waals surface area (Å²) >= 11 is 0. The highest BCUT2D eigenvalue weighted by atomic mass is 16.6. The summed E-state index contributed by atoms with van der Waals surface area (Å²) in [6, 6.07) is 0. The van der Waals surface area contributed by atoms with Gasteiger partial charge in [-0.1, -0.05) is 323 Å². The maximum Gasteiger partial charge on any atom is 0.306 e. The van der Waals surface area contributed by atoms with Gasteiger partial charge in [0.25, 0.3) is 0 Å². The average Bonchev–Trinajstić information content (AvgIpc) is 3.47. The second-order valence-corrected chi connectivity index (χ2v) is 23.4. The molecule has 0 saturated carbocycles. The van der Waals surface area contributed by atoms with Crippen molar-refractivity contribution in [2.24, 2.45) is 0 Å².